The van der Waals surface area contributed by atoms with E-state index in [1.807, 2.05) is 0 Å². The van der Waals surface area contributed by atoms with E-state index < -0.39 is 11.6 Å². The van der Waals surface area contributed by atoms with Crippen molar-refractivity contribution in [1.29, 1.82) is 0 Å². The molecule has 0 heterocycles. The summed E-state index contributed by atoms with van der Waals surface area (Å²) < 4.78 is 25.9. The van der Waals surface area contributed by atoms with Gasteiger partial charge in [0, 0.05) is 18.2 Å². The van der Waals surface area contributed by atoms with Crippen molar-refractivity contribution >= 4 is 0 Å². The molecule has 1 N–H and O–H groups in total. The standard InChI is InChI=1S/C13H17F2N/c1-13(4-2-3-5-13)16-9-10-6-11(14)8-12(15)7-10/h6-8,16H,2-5,9H2,1H3. The number of hydrogen-bond donors (Lipinski definition) is 1. The summed E-state index contributed by atoms with van der Waals surface area (Å²) >= 11 is 0. The van der Waals surface area contributed by atoms with Crippen LogP contribution in [0.3, 0.4) is 0 Å². The minimum atomic E-state index is -0.506. The summed E-state index contributed by atoms with van der Waals surface area (Å²) in [7, 11) is 0. The Hall–Kier alpha value is -0.960. The fraction of sp³-hybridized carbons (Fsp3) is 0.538. The van der Waals surface area contributed by atoms with E-state index in [0.29, 0.717) is 12.1 Å². The zero-order valence-electron chi connectivity index (χ0n) is 9.52. The first kappa shape index (κ1) is 11.5. The second kappa shape index (κ2) is 4.50. The summed E-state index contributed by atoms with van der Waals surface area (Å²) in [5, 5.41) is 3.40. The number of rotatable bonds is 3. The molecule has 1 saturated carbocycles. The first-order valence-electron chi connectivity index (χ1n) is 5.77. The first-order chi connectivity index (χ1) is 7.57. The number of hydrogen-bond acceptors (Lipinski definition) is 1. The third kappa shape index (κ3) is 2.79. The normalized spacial score (nSPS) is 18.9. The highest BCUT2D eigenvalue weighted by molar-refractivity contribution is 5.18. The maximum atomic E-state index is 13.0. The van der Waals surface area contributed by atoms with Crippen LogP contribution < -0.4 is 5.32 Å². The van der Waals surface area contributed by atoms with Gasteiger partial charge in [-0.05, 0) is 37.5 Å². The third-order valence-corrected chi connectivity index (χ3v) is 3.35. The lowest BCUT2D eigenvalue weighted by Gasteiger charge is -2.25. The van der Waals surface area contributed by atoms with Crippen LogP contribution in [-0.4, -0.2) is 5.54 Å². The summed E-state index contributed by atoms with van der Waals surface area (Å²) in [5.74, 6) is -1.01. The van der Waals surface area contributed by atoms with Gasteiger partial charge < -0.3 is 5.32 Å². The Morgan fingerprint density at radius 1 is 1.12 bits per heavy atom. The van der Waals surface area contributed by atoms with Crippen molar-refractivity contribution in [2.45, 2.75) is 44.7 Å². The van der Waals surface area contributed by atoms with E-state index >= 15 is 0 Å². The van der Waals surface area contributed by atoms with Crippen LogP contribution >= 0.6 is 0 Å². The topological polar surface area (TPSA) is 12.0 Å². The smallest absolute Gasteiger partial charge is 0.126 e. The van der Waals surface area contributed by atoms with E-state index in [9.17, 15) is 8.78 Å². The van der Waals surface area contributed by atoms with Gasteiger partial charge in [-0.15, -0.1) is 0 Å². The molecule has 0 spiro atoms. The number of halogens is 2. The zero-order valence-corrected chi connectivity index (χ0v) is 9.52. The third-order valence-electron chi connectivity index (χ3n) is 3.35. The molecule has 0 aromatic heterocycles. The molecule has 1 aliphatic rings. The Balaban J connectivity index is 1.98. The molecule has 0 amide bonds. The molecule has 3 heteroatoms. The maximum Gasteiger partial charge on any atom is 0.126 e. The molecular formula is C13H17F2N. The fourth-order valence-corrected chi connectivity index (χ4v) is 2.36. The minimum Gasteiger partial charge on any atom is -0.307 e. The Kier molecular flexibility index (Phi) is 3.24. The minimum absolute atomic E-state index is 0.142. The van der Waals surface area contributed by atoms with Crippen molar-refractivity contribution in [3.63, 3.8) is 0 Å². The highest BCUT2D eigenvalue weighted by atomic mass is 19.1. The van der Waals surface area contributed by atoms with Crippen LogP contribution in [0, 0.1) is 11.6 Å². The largest absolute Gasteiger partial charge is 0.307 e. The number of nitrogens with one attached hydrogen (secondary N) is 1. The molecule has 1 nitrogen and oxygen atoms in total. The molecule has 0 saturated heterocycles. The molecule has 0 radical (unpaired) electrons. The van der Waals surface area contributed by atoms with Crippen molar-refractivity contribution in [2.24, 2.45) is 0 Å². The molecule has 2 rings (SSSR count). The summed E-state index contributed by atoms with van der Waals surface area (Å²) in [5.41, 5.74) is 0.814. The fourth-order valence-electron chi connectivity index (χ4n) is 2.36. The Labute approximate surface area is 94.9 Å². The van der Waals surface area contributed by atoms with Crippen LogP contribution in [0.15, 0.2) is 18.2 Å². The van der Waals surface area contributed by atoms with Crippen LogP contribution in [0.1, 0.15) is 38.2 Å². The Bertz CT molecular complexity index is 350. The van der Waals surface area contributed by atoms with Crippen LogP contribution in [-0.2, 0) is 6.54 Å². The van der Waals surface area contributed by atoms with Gasteiger partial charge in [0.2, 0.25) is 0 Å². The first-order valence-corrected chi connectivity index (χ1v) is 5.77. The van der Waals surface area contributed by atoms with Gasteiger partial charge in [-0.25, -0.2) is 8.78 Å². The molecule has 1 aliphatic carbocycles. The highest BCUT2D eigenvalue weighted by Crippen LogP contribution is 2.29. The van der Waals surface area contributed by atoms with Gasteiger partial charge in [0.15, 0.2) is 0 Å². The zero-order chi connectivity index (χ0) is 11.6. The van der Waals surface area contributed by atoms with Crippen molar-refractivity contribution in [2.75, 3.05) is 0 Å². The lowest BCUT2D eigenvalue weighted by atomic mass is 10.0. The van der Waals surface area contributed by atoms with Gasteiger partial charge in [0.1, 0.15) is 11.6 Å². The van der Waals surface area contributed by atoms with Crippen molar-refractivity contribution in [3.8, 4) is 0 Å². The van der Waals surface area contributed by atoms with E-state index in [0.717, 1.165) is 18.9 Å². The highest BCUT2D eigenvalue weighted by Gasteiger charge is 2.27. The predicted molar refractivity (Wildman–Crippen MR) is 60.1 cm³/mol. The number of benzene rings is 1. The lowest BCUT2D eigenvalue weighted by Crippen LogP contribution is -2.38. The van der Waals surface area contributed by atoms with Gasteiger partial charge in [0.25, 0.3) is 0 Å². The summed E-state index contributed by atoms with van der Waals surface area (Å²) in [6.45, 7) is 2.71. The summed E-state index contributed by atoms with van der Waals surface area (Å²) in [6, 6.07) is 3.67. The second-order valence-corrected chi connectivity index (χ2v) is 4.90. The molecular weight excluding hydrogens is 208 g/mol. The molecule has 1 aromatic carbocycles. The summed E-state index contributed by atoms with van der Waals surface area (Å²) in [6.07, 6.45) is 4.76. The van der Waals surface area contributed by atoms with Crippen LogP contribution in [0.2, 0.25) is 0 Å². The second-order valence-electron chi connectivity index (χ2n) is 4.90. The van der Waals surface area contributed by atoms with E-state index in [1.54, 1.807) is 0 Å². The monoisotopic (exact) mass is 225 g/mol. The van der Waals surface area contributed by atoms with E-state index in [4.69, 9.17) is 0 Å². The Morgan fingerprint density at radius 3 is 2.25 bits per heavy atom. The molecule has 1 fully saturated rings. The van der Waals surface area contributed by atoms with E-state index in [1.165, 1.54) is 25.0 Å². The quantitative estimate of drug-likeness (QED) is 0.831. The van der Waals surface area contributed by atoms with E-state index in [2.05, 4.69) is 12.2 Å². The van der Waals surface area contributed by atoms with Crippen molar-refractivity contribution in [1.82, 2.24) is 5.32 Å². The molecule has 0 aliphatic heterocycles. The molecule has 0 unspecified atom stereocenters. The van der Waals surface area contributed by atoms with Crippen molar-refractivity contribution in [3.05, 3.63) is 35.4 Å². The SMILES string of the molecule is CC1(NCc2cc(F)cc(F)c2)CCCC1. The molecule has 16 heavy (non-hydrogen) atoms. The molecule has 1 aromatic rings. The molecule has 88 valence electrons. The molecule has 0 bridgehead atoms. The average molecular weight is 225 g/mol. The molecule has 0 atom stereocenters. The summed E-state index contributed by atoms with van der Waals surface area (Å²) in [4.78, 5) is 0. The van der Waals surface area contributed by atoms with Gasteiger partial charge in [0.05, 0.1) is 0 Å². The lowest BCUT2D eigenvalue weighted by molar-refractivity contribution is 0.362. The average Bonchev–Trinajstić information content (AvgIpc) is 2.62. The Morgan fingerprint density at radius 2 is 1.69 bits per heavy atom. The van der Waals surface area contributed by atoms with Gasteiger partial charge in [-0.1, -0.05) is 12.8 Å². The van der Waals surface area contributed by atoms with Crippen LogP contribution in [0.4, 0.5) is 8.78 Å². The van der Waals surface area contributed by atoms with Crippen LogP contribution in [0.25, 0.3) is 0 Å². The maximum absolute atomic E-state index is 13.0. The predicted octanol–water partition coefficient (Wildman–Crippen LogP) is 3.39. The van der Waals surface area contributed by atoms with E-state index in [-0.39, 0.29) is 5.54 Å². The van der Waals surface area contributed by atoms with Crippen molar-refractivity contribution < 1.29 is 8.78 Å². The van der Waals surface area contributed by atoms with Crippen LogP contribution in [0.5, 0.6) is 0 Å². The van der Waals surface area contributed by atoms with Gasteiger partial charge >= 0.3 is 0 Å². The van der Waals surface area contributed by atoms with Gasteiger partial charge in [-0.2, -0.15) is 0 Å². The van der Waals surface area contributed by atoms with Gasteiger partial charge in [-0.3, -0.25) is 0 Å².